The SMILES string of the molecule is CCC(=O)N(CCCOC)CC(=O)N(Cc1ccc2c(c1)OCO2)Cc1cccs1. The molecule has 1 aromatic carbocycles. The first kappa shape index (κ1) is 22.1. The predicted molar refractivity (Wildman–Crippen MR) is 115 cm³/mol. The van der Waals surface area contributed by atoms with Gasteiger partial charge in [0.15, 0.2) is 11.5 Å². The lowest BCUT2D eigenvalue weighted by atomic mass is 10.2. The van der Waals surface area contributed by atoms with Gasteiger partial charge in [0, 0.05) is 38.1 Å². The van der Waals surface area contributed by atoms with Gasteiger partial charge in [-0.05, 0) is 35.6 Å². The molecule has 0 aliphatic carbocycles. The lowest BCUT2D eigenvalue weighted by Crippen LogP contribution is -2.42. The molecule has 1 aliphatic rings. The number of hydrogen-bond donors (Lipinski definition) is 0. The summed E-state index contributed by atoms with van der Waals surface area (Å²) in [5, 5.41) is 2.00. The first-order valence-electron chi connectivity index (χ1n) is 10.1. The van der Waals surface area contributed by atoms with Crippen LogP contribution in [0, 0.1) is 0 Å². The molecule has 2 aromatic rings. The van der Waals surface area contributed by atoms with E-state index in [0.717, 1.165) is 10.4 Å². The Morgan fingerprint density at radius 2 is 1.93 bits per heavy atom. The number of amides is 2. The van der Waals surface area contributed by atoms with Crippen LogP contribution in [0.1, 0.15) is 30.2 Å². The second-order valence-electron chi connectivity index (χ2n) is 7.03. The minimum Gasteiger partial charge on any atom is -0.454 e. The Bertz CT molecular complexity index is 840. The molecule has 2 amide bonds. The summed E-state index contributed by atoms with van der Waals surface area (Å²) in [6.07, 6.45) is 1.07. The molecule has 1 aliphatic heterocycles. The van der Waals surface area contributed by atoms with Gasteiger partial charge < -0.3 is 24.0 Å². The third-order valence-electron chi connectivity index (χ3n) is 4.85. The summed E-state index contributed by atoms with van der Waals surface area (Å²) in [6.45, 7) is 4.07. The van der Waals surface area contributed by atoms with Gasteiger partial charge >= 0.3 is 0 Å². The van der Waals surface area contributed by atoms with Crippen LogP contribution in [0.2, 0.25) is 0 Å². The third kappa shape index (κ3) is 5.96. The molecular weight excluding hydrogens is 404 g/mol. The summed E-state index contributed by atoms with van der Waals surface area (Å²) in [5.41, 5.74) is 0.955. The van der Waals surface area contributed by atoms with Gasteiger partial charge in [-0.3, -0.25) is 9.59 Å². The van der Waals surface area contributed by atoms with Crippen molar-refractivity contribution >= 4 is 23.2 Å². The number of benzene rings is 1. The molecule has 1 aromatic heterocycles. The molecule has 162 valence electrons. The Hall–Kier alpha value is -2.58. The summed E-state index contributed by atoms with van der Waals surface area (Å²) in [4.78, 5) is 30.1. The van der Waals surface area contributed by atoms with Crippen LogP contribution in [0.25, 0.3) is 0 Å². The number of nitrogens with zero attached hydrogens (tertiary/aromatic N) is 2. The van der Waals surface area contributed by atoms with Gasteiger partial charge in [0.2, 0.25) is 18.6 Å². The summed E-state index contributed by atoms with van der Waals surface area (Å²) >= 11 is 1.61. The van der Waals surface area contributed by atoms with Crippen LogP contribution >= 0.6 is 11.3 Å². The lowest BCUT2D eigenvalue weighted by molar-refractivity contribution is -0.141. The van der Waals surface area contributed by atoms with Crippen molar-refractivity contribution in [1.29, 1.82) is 0 Å². The number of methoxy groups -OCH3 is 1. The van der Waals surface area contributed by atoms with Gasteiger partial charge in [0.05, 0.1) is 13.1 Å². The number of thiophene rings is 1. The molecule has 2 heterocycles. The molecule has 0 saturated carbocycles. The summed E-state index contributed by atoms with van der Waals surface area (Å²) in [7, 11) is 1.63. The minimum absolute atomic E-state index is 0.0291. The summed E-state index contributed by atoms with van der Waals surface area (Å²) < 4.78 is 15.9. The Morgan fingerprint density at radius 3 is 2.67 bits per heavy atom. The molecule has 0 fully saturated rings. The van der Waals surface area contributed by atoms with Crippen LogP contribution < -0.4 is 9.47 Å². The van der Waals surface area contributed by atoms with E-state index in [1.54, 1.807) is 28.2 Å². The molecule has 3 rings (SSSR count). The van der Waals surface area contributed by atoms with E-state index in [2.05, 4.69) is 0 Å². The molecule has 0 radical (unpaired) electrons. The molecule has 0 unspecified atom stereocenters. The molecule has 0 N–H and O–H groups in total. The zero-order valence-corrected chi connectivity index (χ0v) is 18.3. The Morgan fingerprint density at radius 1 is 1.10 bits per heavy atom. The molecule has 30 heavy (non-hydrogen) atoms. The van der Waals surface area contributed by atoms with Crippen LogP contribution in [0.4, 0.5) is 0 Å². The number of rotatable bonds is 11. The zero-order valence-electron chi connectivity index (χ0n) is 17.5. The smallest absolute Gasteiger partial charge is 0.242 e. The van der Waals surface area contributed by atoms with Crippen molar-refractivity contribution < 1.29 is 23.8 Å². The average Bonchev–Trinajstić information content (AvgIpc) is 3.43. The molecule has 0 bridgehead atoms. The van der Waals surface area contributed by atoms with E-state index in [9.17, 15) is 9.59 Å². The monoisotopic (exact) mass is 432 g/mol. The van der Waals surface area contributed by atoms with Crippen molar-refractivity contribution in [1.82, 2.24) is 9.80 Å². The van der Waals surface area contributed by atoms with Gasteiger partial charge in [-0.15, -0.1) is 11.3 Å². The maximum atomic E-state index is 13.2. The number of ether oxygens (including phenoxy) is 3. The predicted octanol–water partition coefficient (Wildman–Crippen LogP) is 3.28. The van der Waals surface area contributed by atoms with Crippen molar-refractivity contribution in [2.24, 2.45) is 0 Å². The van der Waals surface area contributed by atoms with Crippen LogP contribution in [0.5, 0.6) is 11.5 Å². The van der Waals surface area contributed by atoms with Gasteiger partial charge in [0.25, 0.3) is 0 Å². The van der Waals surface area contributed by atoms with Crippen LogP contribution in [0.3, 0.4) is 0 Å². The highest BCUT2D eigenvalue weighted by atomic mass is 32.1. The van der Waals surface area contributed by atoms with Gasteiger partial charge in [-0.1, -0.05) is 19.1 Å². The van der Waals surface area contributed by atoms with Crippen LogP contribution in [0.15, 0.2) is 35.7 Å². The molecule has 7 nitrogen and oxygen atoms in total. The van der Waals surface area contributed by atoms with Crippen LogP contribution in [-0.2, 0) is 27.4 Å². The fourth-order valence-electron chi connectivity index (χ4n) is 3.26. The fourth-order valence-corrected chi connectivity index (χ4v) is 3.98. The van der Waals surface area contributed by atoms with E-state index in [4.69, 9.17) is 14.2 Å². The van der Waals surface area contributed by atoms with Crippen molar-refractivity contribution in [3.63, 3.8) is 0 Å². The van der Waals surface area contributed by atoms with E-state index in [-0.39, 0.29) is 25.2 Å². The molecule has 0 spiro atoms. The summed E-state index contributed by atoms with van der Waals surface area (Å²) in [6, 6.07) is 9.70. The molecule has 0 saturated heterocycles. The topological polar surface area (TPSA) is 68.3 Å². The van der Waals surface area contributed by atoms with E-state index in [0.29, 0.717) is 50.6 Å². The van der Waals surface area contributed by atoms with E-state index in [1.807, 2.05) is 42.6 Å². The fraction of sp³-hybridized carbons (Fsp3) is 0.455. The van der Waals surface area contributed by atoms with E-state index < -0.39 is 0 Å². The number of hydrogen-bond acceptors (Lipinski definition) is 6. The molecule has 0 atom stereocenters. The minimum atomic E-state index is -0.0831. The Kier molecular flexibility index (Phi) is 8.10. The number of fused-ring (bicyclic) bond motifs is 1. The highest BCUT2D eigenvalue weighted by Gasteiger charge is 2.22. The maximum absolute atomic E-state index is 13.2. The van der Waals surface area contributed by atoms with Crippen molar-refractivity contribution in [3.05, 3.63) is 46.2 Å². The molecule has 8 heteroatoms. The van der Waals surface area contributed by atoms with Gasteiger partial charge in [-0.25, -0.2) is 0 Å². The van der Waals surface area contributed by atoms with E-state index in [1.165, 1.54) is 0 Å². The van der Waals surface area contributed by atoms with Crippen molar-refractivity contribution in [3.8, 4) is 11.5 Å². The normalized spacial score (nSPS) is 12.1. The first-order valence-corrected chi connectivity index (χ1v) is 10.9. The molecular formula is C22H28N2O5S. The van der Waals surface area contributed by atoms with Gasteiger partial charge in [-0.2, -0.15) is 0 Å². The maximum Gasteiger partial charge on any atom is 0.242 e. The average molecular weight is 433 g/mol. The second-order valence-corrected chi connectivity index (χ2v) is 8.06. The highest BCUT2D eigenvalue weighted by Crippen LogP contribution is 2.33. The standard InChI is InChI=1S/C22H28N2O5S/c1-3-21(25)23(9-5-10-27-2)15-22(26)24(14-18-6-4-11-30-18)13-17-7-8-19-20(12-17)29-16-28-19/h4,6-8,11-12H,3,5,9-10,13-16H2,1-2H3. The highest BCUT2D eigenvalue weighted by molar-refractivity contribution is 7.09. The van der Waals surface area contributed by atoms with Crippen LogP contribution in [-0.4, -0.2) is 55.2 Å². The third-order valence-corrected chi connectivity index (χ3v) is 5.71. The Labute approximate surface area is 181 Å². The second kappa shape index (κ2) is 11.0. The quantitative estimate of drug-likeness (QED) is 0.510. The summed E-state index contributed by atoms with van der Waals surface area (Å²) in [5.74, 6) is 1.30. The van der Waals surface area contributed by atoms with Crippen molar-refractivity contribution in [2.45, 2.75) is 32.9 Å². The number of carbonyl (C=O) groups is 2. The lowest BCUT2D eigenvalue weighted by Gasteiger charge is -2.27. The van der Waals surface area contributed by atoms with E-state index >= 15 is 0 Å². The number of carbonyl (C=O) groups excluding carboxylic acids is 2. The van der Waals surface area contributed by atoms with Crippen molar-refractivity contribution in [2.75, 3.05) is 33.6 Å². The largest absolute Gasteiger partial charge is 0.454 e. The zero-order chi connectivity index (χ0) is 21.3. The first-order chi connectivity index (χ1) is 14.6. The van der Waals surface area contributed by atoms with Gasteiger partial charge in [0.1, 0.15) is 0 Å². The Balaban J connectivity index is 1.73.